The average molecular weight is 558 g/mol. The van der Waals surface area contributed by atoms with Gasteiger partial charge in [0.15, 0.2) is 12.3 Å². The Bertz CT molecular complexity index is 1450. The summed E-state index contributed by atoms with van der Waals surface area (Å²) in [7, 11) is 1.27. The molecule has 2 aromatic carbocycles. The van der Waals surface area contributed by atoms with Crippen molar-refractivity contribution in [2.45, 2.75) is 32.4 Å². The first-order valence-electron chi connectivity index (χ1n) is 11.9. The van der Waals surface area contributed by atoms with Crippen LogP contribution in [0.1, 0.15) is 49.4 Å². The number of benzene rings is 2. The standard InChI is InChI=1S/C25H20ClF2N5O2S.C2H6/c1-35-25(34)32-16-5-2-13(3-6-16)22-12-31-24(33(22)36-28)19-10-20(27)18-8-14(11-30-23(18)19)17-9-15(26)4-7-21(17)29;1-2/h2-9,11-12,19-20H,10,29H2,1H3,(H,32,34);1-2H3. The number of nitrogen functional groups attached to an aromatic ring is 1. The van der Waals surface area contributed by atoms with Crippen LogP contribution in [0.15, 0.2) is 60.9 Å². The fourth-order valence-electron chi connectivity index (χ4n) is 4.38. The highest BCUT2D eigenvalue weighted by molar-refractivity contribution is 7.92. The third-order valence-electron chi connectivity index (χ3n) is 6.13. The second kappa shape index (κ2) is 11.8. The van der Waals surface area contributed by atoms with Crippen molar-refractivity contribution >= 4 is 41.4 Å². The Morgan fingerprint density at radius 1 is 1.13 bits per heavy atom. The van der Waals surface area contributed by atoms with Crippen LogP contribution in [0.2, 0.25) is 5.02 Å². The van der Waals surface area contributed by atoms with Gasteiger partial charge >= 0.3 is 6.09 Å². The first-order chi connectivity index (χ1) is 18.4. The maximum absolute atomic E-state index is 15.2. The van der Waals surface area contributed by atoms with Gasteiger partial charge in [-0.3, -0.25) is 10.3 Å². The highest BCUT2D eigenvalue weighted by Gasteiger charge is 2.37. The predicted molar refractivity (Wildman–Crippen MR) is 149 cm³/mol. The number of pyridine rings is 1. The van der Waals surface area contributed by atoms with Crippen LogP contribution >= 0.6 is 23.9 Å². The zero-order chi connectivity index (χ0) is 27.4. The molecule has 1 aliphatic rings. The van der Waals surface area contributed by atoms with Crippen LogP contribution in [-0.4, -0.2) is 27.1 Å². The van der Waals surface area contributed by atoms with Crippen molar-refractivity contribution in [3.63, 3.8) is 0 Å². The number of halogens is 3. The van der Waals surface area contributed by atoms with Crippen LogP contribution < -0.4 is 11.1 Å². The summed E-state index contributed by atoms with van der Waals surface area (Å²) in [6.45, 7) is 4.00. The molecule has 2 unspecified atom stereocenters. The van der Waals surface area contributed by atoms with E-state index in [0.717, 1.165) is 0 Å². The van der Waals surface area contributed by atoms with Crippen molar-refractivity contribution < 1.29 is 17.8 Å². The number of imidazole rings is 1. The number of amides is 1. The summed E-state index contributed by atoms with van der Waals surface area (Å²) in [5.74, 6) is -0.170. The van der Waals surface area contributed by atoms with Crippen molar-refractivity contribution in [3.05, 3.63) is 83.0 Å². The van der Waals surface area contributed by atoms with Gasteiger partial charge in [-0.25, -0.2) is 18.1 Å². The van der Waals surface area contributed by atoms with E-state index in [0.29, 0.717) is 55.9 Å². The quantitative estimate of drug-likeness (QED) is 0.241. The zero-order valence-corrected chi connectivity index (χ0v) is 22.5. The minimum atomic E-state index is -1.29. The Kier molecular flexibility index (Phi) is 8.53. The number of fused-ring (bicyclic) bond motifs is 1. The molecule has 1 aliphatic carbocycles. The molecule has 0 spiro atoms. The molecular weight excluding hydrogens is 532 g/mol. The third kappa shape index (κ3) is 5.32. The van der Waals surface area contributed by atoms with E-state index in [9.17, 15) is 8.68 Å². The molecular formula is C27H26ClF2N5O2S. The lowest BCUT2D eigenvalue weighted by Gasteiger charge is -2.13. The molecule has 5 rings (SSSR count). The number of alkyl halides is 1. The van der Waals surface area contributed by atoms with E-state index < -0.39 is 18.2 Å². The van der Waals surface area contributed by atoms with Crippen molar-refractivity contribution in [1.82, 2.24) is 13.9 Å². The van der Waals surface area contributed by atoms with Crippen LogP contribution in [-0.2, 0) is 4.74 Å². The molecule has 0 bridgehead atoms. The molecule has 0 saturated heterocycles. The maximum atomic E-state index is 15.2. The number of hydrogen-bond donors (Lipinski definition) is 2. The molecule has 3 N–H and O–H groups in total. The lowest BCUT2D eigenvalue weighted by Crippen LogP contribution is -2.10. The molecule has 38 heavy (non-hydrogen) atoms. The molecule has 0 saturated carbocycles. The van der Waals surface area contributed by atoms with Crippen molar-refractivity contribution in [2.24, 2.45) is 0 Å². The average Bonchev–Trinajstić information content (AvgIpc) is 3.51. The van der Waals surface area contributed by atoms with E-state index in [1.807, 2.05) is 13.8 Å². The van der Waals surface area contributed by atoms with Gasteiger partial charge in [0.05, 0.1) is 30.6 Å². The summed E-state index contributed by atoms with van der Waals surface area (Å²) < 4.78 is 35.3. The van der Waals surface area contributed by atoms with E-state index in [2.05, 4.69) is 20.0 Å². The molecule has 198 valence electrons. The zero-order valence-electron chi connectivity index (χ0n) is 20.9. The largest absolute Gasteiger partial charge is 0.453 e. The van der Waals surface area contributed by atoms with E-state index in [1.165, 1.54) is 17.3 Å². The number of methoxy groups -OCH3 is 1. The number of aromatic nitrogens is 3. The normalized spacial score (nSPS) is 15.8. The topological polar surface area (TPSA) is 95.1 Å². The molecule has 1 amide bonds. The number of hydrogen-bond acceptors (Lipinski definition) is 6. The number of anilines is 2. The maximum Gasteiger partial charge on any atom is 0.411 e. The van der Waals surface area contributed by atoms with Crippen LogP contribution in [0.3, 0.4) is 0 Å². The van der Waals surface area contributed by atoms with Crippen LogP contribution in [0.25, 0.3) is 22.4 Å². The van der Waals surface area contributed by atoms with Crippen molar-refractivity contribution in [2.75, 3.05) is 18.2 Å². The van der Waals surface area contributed by atoms with Gasteiger partial charge < -0.3 is 10.5 Å². The lowest BCUT2D eigenvalue weighted by atomic mass is 10.0. The SMILES string of the molecule is CC.COC(=O)Nc1ccc(-c2cnc(C3CC(F)c4cc(-c5cc(Cl)ccc5N)cnc43)n2SF)cc1. The molecule has 2 heterocycles. The van der Waals surface area contributed by atoms with Gasteiger partial charge in [0.2, 0.25) is 0 Å². The summed E-state index contributed by atoms with van der Waals surface area (Å²) in [5.41, 5.74) is 10.5. The molecule has 2 aromatic heterocycles. The minimum Gasteiger partial charge on any atom is -0.453 e. The lowest BCUT2D eigenvalue weighted by molar-refractivity contribution is 0.187. The monoisotopic (exact) mass is 557 g/mol. The predicted octanol–water partition coefficient (Wildman–Crippen LogP) is 7.98. The number of nitrogens with zero attached hydrogens (tertiary/aromatic N) is 3. The molecule has 11 heteroatoms. The highest BCUT2D eigenvalue weighted by Crippen LogP contribution is 2.47. The molecule has 0 aliphatic heterocycles. The Hall–Kier alpha value is -3.63. The van der Waals surface area contributed by atoms with Gasteiger partial charge in [-0.05, 0) is 42.8 Å². The third-order valence-corrected chi connectivity index (χ3v) is 6.88. The van der Waals surface area contributed by atoms with Gasteiger partial charge in [-0.1, -0.05) is 37.6 Å². The molecule has 0 fully saturated rings. The van der Waals surface area contributed by atoms with Gasteiger partial charge in [0.1, 0.15) is 12.0 Å². The summed E-state index contributed by atoms with van der Waals surface area (Å²) >= 11 is 6.11. The summed E-state index contributed by atoms with van der Waals surface area (Å²) in [6.07, 6.45) is 1.37. The number of nitrogens with two attached hydrogens (primary N) is 1. The second-order valence-electron chi connectivity index (χ2n) is 8.24. The molecule has 2 atom stereocenters. The van der Waals surface area contributed by atoms with Gasteiger partial charge in [0, 0.05) is 44.8 Å². The Morgan fingerprint density at radius 3 is 2.55 bits per heavy atom. The van der Waals surface area contributed by atoms with Gasteiger partial charge in [-0.15, -0.1) is 3.89 Å². The summed E-state index contributed by atoms with van der Waals surface area (Å²) in [4.78, 5) is 20.4. The van der Waals surface area contributed by atoms with Crippen molar-refractivity contribution in [1.29, 1.82) is 0 Å². The van der Waals surface area contributed by atoms with E-state index in [1.54, 1.807) is 54.7 Å². The van der Waals surface area contributed by atoms with Gasteiger partial charge in [-0.2, -0.15) is 0 Å². The minimum absolute atomic E-state index is 0.00865. The highest BCUT2D eigenvalue weighted by atomic mass is 35.5. The van der Waals surface area contributed by atoms with Gasteiger partial charge in [0.25, 0.3) is 0 Å². The van der Waals surface area contributed by atoms with Crippen molar-refractivity contribution in [3.8, 4) is 22.4 Å². The Labute approximate surface area is 228 Å². The summed E-state index contributed by atoms with van der Waals surface area (Å²) in [5, 5.41) is 3.07. The Balaban J connectivity index is 0.00000164. The van der Waals surface area contributed by atoms with E-state index in [4.69, 9.17) is 17.3 Å². The fraction of sp³-hybridized carbons (Fsp3) is 0.222. The first-order valence-corrected chi connectivity index (χ1v) is 13.0. The van der Waals surface area contributed by atoms with Crippen LogP contribution in [0.5, 0.6) is 0 Å². The number of rotatable bonds is 5. The van der Waals surface area contributed by atoms with E-state index >= 15 is 4.39 Å². The second-order valence-corrected chi connectivity index (χ2v) is 9.18. The molecule has 7 nitrogen and oxygen atoms in total. The first kappa shape index (κ1) is 27.4. The number of carbonyl (C=O) groups excluding carboxylic acids is 1. The number of ether oxygens (including phenoxy) is 1. The fourth-order valence-corrected chi connectivity index (χ4v) is 5.02. The summed E-state index contributed by atoms with van der Waals surface area (Å²) in [6, 6.07) is 13.6. The van der Waals surface area contributed by atoms with E-state index in [-0.39, 0.29) is 18.8 Å². The molecule has 0 radical (unpaired) electrons. The smallest absolute Gasteiger partial charge is 0.411 e. The number of nitrogens with one attached hydrogen (secondary N) is 1. The van der Waals surface area contributed by atoms with Crippen LogP contribution in [0, 0.1) is 0 Å². The number of carbonyl (C=O) groups is 1. The molecule has 4 aromatic rings. The Morgan fingerprint density at radius 2 is 1.87 bits per heavy atom. The van der Waals surface area contributed by atoms with Crippen LogP contribution in [0.4, 0.5) is 24.4 Å².